The van der Waals surface area contributed by atoms with Crippen LogP contribution in [0.25, 0.3) is 0 Å². The van der Waals surface area contributed by atoms with Crippen molar-refractivity contribution in [2.24, 2.45) is 12.0 Å². The number of aromatic nitrogens is 3. The van der Waals surface area contributed by atoms with Crippen LogP contribution in [0.2, 0.25) is 0 Å². The van der Waals surface area contributed by atoms with Crippen LogP contribution in [0.15, 0.2) is 4.99 Å². The Balaban J connectivity index is 0.00000400. The molecule has 21 heavy (non-hydrogen) atoms. The van der Waals surface area contributed by atoms with Crippen molar-refractivity contribution in [3.05, 3.63) is 11.6 Å². The molecule has 0 saturated heterocycles. The third-order valence-corrected chi connectivity index (χ3v) is 3.21. The number of nitrogens with one attached hydrogen (secondary N) is 2. The topological polar surface area (TPSA) is 67.1 Å². The summed E-state index contributed by atoms with van der Waals surface area (Å²) in [6.45, 7) is 8.76. The Morgan fingerprint density at radius 2 is 1.67 bits per heavy atom. The van der Waals surface area contributed by atoms with Crippen LogP contribution in [-0.4, -0.2) is 33.8 Å². The third-order valence-electron chi connectivity index (χ3n) is 3.21. The normalized spacial score (nSPS) is 9.90. The molecule has 0 saturated carbocycles. The van der Waals surface area contributed by atoms with Crippen LogP contribution in [0.5, 0.6) is 0 Å². The highest BCUT2D eigenvalue weighted by Crippen LogP contribution is 1.99. The predicted molar refractivity (Wildman–Crippen MR) is 98.1 cm³/mol. The number of aliphatic imine (C=N–C) groups is 1. The van der Waals surface area contributed by atoms with Crippen LogP contribution in [0.3, 0.4) is 0 Å². The molecule has 0 bridgehead atoms. The Morgan fingerprint density at radius 1 is 1.10 bits per heavy atom. The summed E-state index contributed by atoms with van der Waals surface area (Å²) >= 11 is 0. The average molecular weight is 408 g/mol. The van der Waals surface area contributed by atoms with Gasteiger partial charge in [-0.05, 0) is 19.8 Å². The lowest BCUT2D eigenvalue weighted by atomic mass is 10.3. The van der Waals surface area contributed by atoms with Gasteiger partial charge in [-0.15, -0.1) is 34.2 Å². The fraction of sp³-hybridized carbons (Fsp3) is 0.786. The highest BCUT2D eigenvalue weighted by Gasteiger charge is 2.04. The van der Waals surface area contributed by atoms with Crippen LogP contribution in [-0.2, 0) is 13.6 Å². The van der Waals surface area contributed by atoms with Gasteiger partial charge in [-0.25, -0.2) is 4.99 Å². The van der Waals surface area contributed by atoms with E-state index in [1.54, 1.807) is 0 Å². The highest BCUT2D eigenvalue weighted by molar-refractivity contribution is 14.0. The molecule has 6 nitrogen and oxygen atoms in total. The molecule has 0 amide bonds. The van der Waals surface area contributed by atoms with Gasteiger partial charge in [0.1, 0.15) is 12.4 Å². The zero-order valence-electron chi connectivity index (χ0n) is 13.6. The minimum absolute atomic E-state index is 0. The molecule has 0 aliphatic carbocycles. The predicted octanol–water partition coefficient (Wildman–Crippen LogP) is 2.38. The highest BCUT2D eigenvalue weighted by atomic mass is 127. The van der Waals surface area contributed by atoms with Crippen molar-refractivity contribution in [3.8, 4) is 0 Å². The van der Waals surface area contributed by atoms with Crippen LogP contribution in [0.4, 0.5) is 0 Å². The quantitative estimate of drug-likeness (QED) is 0.300. The molecule has 0 fully saturated rings. The van der Waals surface area contributed by atoms with Gasteiger partial charge >= 0.3 is 0 Å². The Hall–Kier alpha value is -0.860. The molecule has 1 rings (SSSR count). The zero-order valence-corrected chi connectivity index (χ0v) is 16.0. The molecule has 0 unspecified atom stereocenters. The number of hydrogen-bond donors (Lipinski definition) is 2. The maximum atomic E-state index is 4.58. The van der Waals surface area contributed by atoms with Gasteiger partial charge in [-0.2, -0.15) is 0 Å². The van der Waals surface area contributed by atoms with E-state index in [1.807, 2.05) is 18.5 Å². The van der Waals surface area contributed by atoms with Gasteiger partial charge in [0.2, 0.25) is 0 Å². The van der Waals surface area contributed by atoms with Crippen molar-refractivity contribution >= 4 is 29.9 Å². The van der Waals surface area contributed by atoms with Crippen LogP contribution in [0, 0.1) is 6.92 Å². The van der Waals surface area contributed by atoms with Gasteiger partial charge < -0.3 is 15.2 Å². The average Bonchev–Trinajstić information content (AvgIpc) is 2.76. The molecule has 0 aromatic carbocycles. The number of halogens is 1. The maximum absolute atomic E-state index is 4.58. The lowest BCUT2D eigenvalue weighted by Gasteiger charge is -2.11. The molecule has 122 valence electrons. The summed E-state index contributed by atoms with van der Waals surface area (Å²) < 4.78 is 1.97. The SMILES string of the molecule is CCCCNC(=NCc1nnc(C)n1C)NCCCC.I. The first-order chi connectivity index (χ1) is 9.69. The van der Waals surface area contributed by atoms with Crippen molar-refractivity contribution < 1.29 is 0 Å². The summed E-state index contributed by atoms with van der Waals surface area (Å²) in [6.07, 6.45) is 4.66. The molecule has 7 heteroatoms. The van der Waals surface area contributed by atoms with E-state index in [0.717, 1.165) is 43.5 Å². The van der Waals surface area contributed by atoms with E-state index >= 15 is 0 Å². The van der Waals surface area contributed by atoms with E-state index < -0.39 is 0 Å². The van der Waals surface area contributed by atoms with Crippen molar-refractivity contribution in [2.75, 3.05) is 13.1 Å². The second kappa shape index (κ2) is 11.8. The molecule has 1 aromatic heterocycles. The molecule has 0 aliphatic rings. The van der Waals surface area contributed by atoms with Crippen molar-refractivity contribution in [1.29, 1.82) is 0 Å². The minimum Gasteiger partial charge on any atom is -0.356 e. The number of unbranched alkanes of at least 4 members (excludes halogenated alkanes) is 2. The lowest BCUT2D eigenvalue weighted by Crippen LogP contribution is -2.38. The Bertz CT molecular complexity index is 404. The van der Waals surface area contributed by atoms with E-state index in [2.05, 4.69) is 39.7 Å². The van der Waals surface area contributed by atoms with Crippen LogP contribution < -0.4 is 10.6 Å². The molecular weight excluding hydrogens is 379 g/mol. The summed E-state index contributed by atoms with van der Waals surface area (Å²) in [7, 11) is 1.97. The van der Waals surface area contributed by atoms with Gasteiger partial charge in [-0.1, -0.05) is 26.7 Å². The van der Waals surface area contributed by atoms with E-state index in [1.165, 1.54) is 12.8 Å². The fourth-order valence-electron chi connectivity index (χ4n) is 1.68. The third kappa shape index (κ3) is 7.63. The monoisotopic (exact) mass is 408 g/mol. The Labute approximate surface area is 145 Å². The largest absolute Gasteiger partial charge is 0.356 e. The lowest BCUT2D eigenvalue weighted by molar-refractivity contribution is 0.695. The molecule has 0 radical (unpaired) electrons. The number of nitrogens with zero attached hydrogens (tertiary/aromatic N) is 4. The first kappa shape index (κ1) is 20.1. The Kier molecular flexibility index (Phi) is 11.3. The molecule has 1 aromatic rings. The van der Waals surface area contributed by atoms with E-state index in [4.69, 9.17) is 0 Å². The summed E-state index contributed by atoms with van der Waals surface area (Å²) in [4.78, 5) is 4.58. The molecule has 2 N–H and O–H groups in total. The van der Waals surface area contributed by atoms with Gasteiger partial charge in [0.25, 0.3) is 0 Å². The van der Waals surface area contributed by atoms with Gasteiger partial charge in [0.05, 0.1) is 0 Å². The van der Waals surface area contributed by atoms with E-state index in [0.29, 0.717) is 6.54 Å². The van der Waals surface area contributed by atoms with Gasteiger partial charge in [-0.3, -0.25) is 0 Å². The van der Waals surface area contributed by atoms with Gasteiger partial charge in [0, 0.05) is 20.1 Å². The first-order valence-corrected chi connectivity index (χ1v) is 7.56. The van der Waals surface area contributed by atoms with Crippen molar-refractivity contribution in [3.63, 3.8) is 0 Å². The molecule has 0 spiro atoms. The van der Waals surface area contributed by atoms with E-state index in [-0.39, 0.29) is 24.0 Å². The fourth-order valence-corrected chi connectivity index (χ4v) is 1.68. The smallest absolute Gasteiger partial charge is 0.191 e. The number of hydrogen-bond acceptors (Lipinski definition) is 3. The first-order valence-electron chi connectivity index (χ1n) is 7.56. The standard InChI is InChI=1S/C14H28N6.HI/c1-5-7-9-15-14(16-10-8-6-2)17-11-13-19-18-12(3)20(13)4;/h5-11H2,1-4H3,(H2,15,16,17);1H. The zero-order chi connectivity index (χ0) is 14.8. The number of rotatable bonds is 8. The van der Waals surface area contributed by atoms with E-state index in [9.17, 15) is 0 Å². The Morgan fingerprint density at radius 3 is 2.10 bits per heavy atom. The molecule has 0 atom stereocenters. The summed E-state index contributed by atoms with van der Waals surface area (Å²) in [5.41, 5.74) is 0. The summed E-state index contributed by atoms with van der Waals surface area (Å²) in [5, 5.41) is 14.9. The molecule has 1 heterocycles. The second-order valence-electron chi connectivity index (χ2n) is 4.95. The van der Waals surface area contributed by atoms with Crippen molar-refractivity contribution in [1.82, 2.24) is 25.4 Å². The maximum Gasteiger partial charge on any atom is 0.191 e. The molecule has 0 aliphatic heterocycles. The van der Waals surface area contributed by atoms with Crippen LogP contribution in [0.1, 0.15) is 51.2 Å². The molecular formula is C14H29IN6. The number of guanidine groups is 1. The minimum atomic E-state index is 0. The summed E-state index contributed by atoms with van der Waals surface area (Å²) in [5.74, 6) is 2.66. The van der Waals surface area contributed by atoms with Gasteiger partial charge in [0.15, 0.2) is 11.8 Å². The van der Waals surface area contributed by atoms with Crippen LogP contribution >= 0.6 is 24.0 Å². The number of aryl methyl sites for hydroxylation is 1. The summed E-state index contributed by atoms with van der Waals surface area (Å²) in [6, 6.07) is 0. The second-order valence-corrected chi connectivity index (χ2v) is 4.95. The van der Waals surface area contributed by atoms with Crippen molar-refractivity contribution in [2.45, 2.75) is 53.0 Å².